The lowest BCUT2D eigenvalue weighted by Gasteiger charge is -2.17. The highest BCUT2D eigenvalue weighted by atomic mass is 16.5. The first-order valence-electron chi connectivity index (χ1n) is 7.87. The van der Waals surface area contributed by atoms with Gasteiger partial charge in [0.15, 0.2) is 0 Å². The number of β-amino-alcohol motifs (C(OH)–C–C–N with tert-alkyl or cyclic N) is 1. The number of carboxylic acids is 1. The summed E-state index contributed by atoms with van der Waals surface area (Å²) in [5, 5.41) is 19.0. The molecule has 0 saturated carbocycles. The molecule has 1 aromatic heterocycles. The number of nitrogens with zero attached hydrogens (tertiary/aromatic N) is 2. The van der Waals surface area contributed by atoms with Crippen molar-refractivity contribution in [3.05, 3.63) is 59.9 Å². The van der Waals surface area contributed by atoms with Crippen LogP contribution in [0.5, 0.6) is 5.75 Å². The lowest BCUT2D eigenvalue weighted by atomic mass is 10.1. The molecule has 6 heteroatoms. The quantitative estimate of drug-likeness (QED) is 0.832. The van der Waals surface area contributed by atoms with Crippen LogP contribution in [0.4, 0.5) is 0 Å². The van der Waals surface area contributed by atoms with Gasteiger partial charge in [-0.15, -0.1) is 0 Å². The summed E-state index contributed by atoms with van der Waals surface area (Å²) in [6.07, 6.45) is 2.66. The number of rotatable bonds is 6. The Labute approximate surface area is 140 Å². The van der Waals surface area contributed by atoms with E-state index in [1.807, 2.05) is 12.1 Å². The van der Waals surface area contributed by atoms with Gasteiger partial charge in [-0.2, -0.15) is 0 Å². The fourth-order valence-corrected chi connectivity index (χ4v) is 2.86. The van der Waals surface area contributed by atoms with Crippen LogP contribution in [-0.4, -0.2) is 51.4 Å². The number of aromatic nitrogens is 1. The van der Waals surface area contributed by atoms with Crippen LogP contribution in [0.3, 0.4) is 0 Å². The van der Waals surface area contributed by atoms with Crippen molar-refractivity contribution < 1.29 is 19.7 Å². The number of pyridine rings is 1. The van der Waals surface area contributed by atoms with Gasteiger partial charge in [0.25, 0.3) is 0 Å². The van der Waals surface area contributed by atoms with Gasteiger partial charge in [-0.05, 0) is 35.4 Å². The zero-order valence-corrected chi connectivity index (χ0v) is 13.2. The van der Waals surface area contributed by atoms with E-state index in [0.717, 1.165) is 17.7 Å². The number of carboxylic acid groups (broad SMARTS) is 1. The number of likely N-dealkylation sites (tertiary alicyclic amines) is 1. The monoisotopic (exact) mass is 328 g/mol. The Balaban J connectivity index is 1.56. The predicted octanol–water partition coefficient (Wildman–Crippen LogP) is 1.33. The van der Waals surface area contributed by atoms with Gasteiger partial charge in [-0.1, -0.05) is 12.1 Å². The molecule has 1 aliphatic rings. The molecule has 1 saturated heterocycles. The third kappa shape index (κ3) is 4.31. The molecule has 1 fully saturated rings. The van der Waals surface area contributed by atoms with E-state index in [2.05, 4.69) is 9.88 Å². The third-order valence-corrected chi connectivity index (χ3v) is 4.03. The topological polar surface area (TPSA) is 82.9 Å². The molecule has 0 aliphatic carbocycles. The molecular formula is C18H20N2O4. The second kappa shape index (κ2) is 7.42. The van der Waals surface area contributed by atoms with E-state index in [1.165, 1.54) is 0 Å². The maximum absolute atomic E-state index is 10.7. The second-order valence-electron chi connectivity index (χ2n) is 5.99. The van der Waals surface area contributed by atoms with Gasteiger partial charge in [0, 0.05) is 32.0 Å². The van der Waals surface area contributed by atoms with Crippen LogP contribution in [0, 0.1) is 0 Å². The molecule has 0 amide bonds. The first kappa shape index (κ1) is 16.4. The molecule has 0 unspecified atom stereocenters. The molecule has 24 heavy (non-hydrogen) atoms. The van der Waals surface area contributed by atoms with Gasteiger partial charge < -0.3 is 14.9 Å². The average molecular weight is 328 g/mol. The van der Waals surface area contributed by atoms with Gasteiger partial charge in [-0.3, -0.25) is 14.7 Å². The van der Waals surface area contributed by atoms with E-state index < -0.39 is 12.1 Å². The van der Waals surface area contributed by atoms with Crippen LogP contribution in [0.15, 0.2) is 48.8 Å². The number of aliphatic hydroxyl groups excluding tert-OH is 1. The van der Waals surface area contributed by atoms with Crippen molar-refractivity contribution in [1.29, 1.82) is 0 Å². The Bertz CT molecular complexity index is 675. The summed E-state index contributed by atoms with van der Waals surface area (Å²) in [5.41, 5.74) is 1.87. The Morgan fingerprint density at radius 1 is 1.12 bits per heavy atom. The fourth-order valence-electron chi connectivity index (χ4n) is 2.86. The van der Waals surface area contributed by atoms with E-state index >= 15 is 0 Å². The molecule has 6 nitrogen and oxygen atoms in total. The van der Waals surface area contributed by atoms with Crippen LogP contribution < -0.4 is 4.74 Å². The summed E-state index contributed by atoms with van der Waals surface area (Å²) in [5.74, 6) is -0.222. The maximum atomic E-state index is 10.7. The largest absolute Gasteiger partial charge is 0.486 e. The summed E-state index contributed by atoms with van der Waals surface area (Å²) >= 11 is 0. The van der Waals surface area contributed by atoms with E-state index in [1.54, 1.807) is 36.7 Å². The molecule has 1 aliphatic heterocycles. The molecular weight excluding hydrogens is 308 g/mol. The molecule has 2 heterocycles. The molecule has 0 spiro atoms. The van der Waals surface area contributed by atoms with Gasteiger partial charge in [0.05, 0.1) is 6.42 Å². The molecule has 0 radical (unpaired) electrons. The summed E-state index contributed by atoms with van der Waals surface area (Å²) in [6.45, 7) is 1.95. The first-order valence-corrected chi connectivity index (χ1v) is 7.87. The lowest BCUT2D eigenvalue weighted by molar-refractivity contribution is -0.136. The van der Waals surface area contributed by atoms with Gasteiger partial charge in [0.1, 0.15) is 18.0 Å². The normalized spacial score (nSPS) is 20.9. The third-order valence-electron chi connectivity index (χ3n) is 4.03. The highest BCUT2D eigenvalue weighted by Crippen LogP contribution is 2.21. The van der Waals surface area contributed by atoms with Crippen LogP contribution in [0.1, 0.15) is 11.1 Å². The van der Waals surface area contributed by atoms with E-state index in [-0.39, 0.29) is 12.5 Å². The first-order chi connectivity index (χ1) is 11.6. The highest BCUT2D eigenvalue weighted by molar-refractivity contribution is 5.70. The van der Waals surface area contributed by atoms with Gasteiger partial charge in [0.2, 0.25) is 0 Å². The molecule has 1 aromatic carbocycles. The number of aliphatic carboxylic acids is 1. The van der Waals surface area contributed by atoms with E-state index in [9.17, 15) is 9.90 Å². The summed E-state index contributed by atoms with van der Waals surface area (Å²) < 4.78 is 5.86. The molecule has 2 aromatic rings. The van der Waals surface area contributed by atoms with Crippen molar-refractivity contribution in [2.75, 3.05) is 13.1 Å². The van der Waals surface area contributed by atoms with Crippen LogP contribution in [-0.2, 0) is 17.8 Å². The standard InChI is InChI=1S/C18H20N2O4/c21-16-11-20(10-14-5-7-19-8-6-14)12-17(16)24-15-3-1-13(2-4-15)9-18(22)23/h1-8,16-17,21H,9-12H2,(H,22,23)/t16-,17-/m1/s1. The molecule has 3 rings (SSSR count). The van der Waals surface area contributed by atoms with Crippen LogP contribution in [0.25, 0.3) is 0 Å². The van der Waals surface area contributed by atoms with E-state index in [0.29, 0.717) is 18.8 Å². The maximum Gasteiger partial charge on any atom is 0.307 e. The number of hydrogen-bond acceptors (Lipinski definition) is 5. The summed E-state index contributed by atoms with van der Waals surface area (Å²) in [6, 6.07) is 10.9. The fraction of sp³-hybridized carbons (Fsp3) is 0.333. The number of ether oxygens (including phenoxy) is 1. The number of hydrogen-bond donors (Lipinski definition) is 2. The Morgan fingerprint density at radius 2 is 1.83 bits per heavy atom. The number of benzene rings is 1. The average Bonchev–Trinajstić information content (AvgIpc) is 2.89. The van der Waals surface area contributed by atoms with Crippen molar-refractivity contribution in [2.45, 2.75) is 25.2 Å². The number of aliphatic hydroxyl groups is 1. The predicted molar refractivity (Wildman–Crippen MR) is 87.7 cm³/mol. The highest BCUT2D eigenvalue weighted by Gasteiger charge is 2.32. The SMILES string of the molecule is O=C(O)Cc1ccc(O[C@@H]2CN(Cc3ccncc3)C[C@H]2O)cc1. The summed E-state index contributed by atoms with van der Waals surface area (Å²) in [4.78, 5) is 16.8. The minimum Gasteiger partial charge on any atom is -0.486 e. The molecule has 2 N–H and O–H groups in total. The number of carbonyl (C=O) groups is 1. The molecule has 0 bridgehead atoms. The van der Waals surface area contributed by atoms with Crippen molar-refractivity contribution in [3.63, 3.8) is 0 Å². The zero-order valence-electron chi connectivity index (χ0n) is 13.2. The van der Waals surface area contributed by atoms with Crippen molar-refractivity contribution in [1.82, 2.24) is 9.88 Å². The minimum absolute atomic E-state index is 0.00789. The Kier molecular flexibility index (Phi) is 5.08. The van der Waals surface area contributed by atoms with Gasteiger partial charge >= 0.3 is 5.97 Å². The Hall–Kier alpha value is -2.44. The van der Waals surface area contributed by atoms with Crippen molar-refractivity contribution in [2.24, 2.45) is 0 Å². The zero-order chi connectivity index (χ0) is 16.9. The lowest BCUT2D eigenvalue weighted by Crippen LogP contribution is -2.29. The summed E-state index contributed by atoms with van der Waals surface area (Å²) in [7, 11) is 0. The van der Waals surface area contributed by atoms with E-state index in [4.69, 9.17) is 9.84 Å². The minimum atomic E-state index is -0.860. The second-order valence-corrected chi connectivity index (χ2v) is 5.99. The van der Waals surface area contributed by atoms with Crippen LogP contribution >= 0.6 is 0 Å². The van der Waals surface area contributed by atoms with Crippen molar-refractivity contribution >= 4 is 5.97 Å². The van der Waals surface area contributed by atoms with Gasteiger partial charge in [-0.25, -0.2) is 0 Å². The smallest absolute Gasteiger partial charge is 0.307 e. The molecule has 2 atom stereocenters. The molecule has 126 valence electrons. The Morgan fingerprint density at radius 3 is 2.50 bits per heavy atom. The van der Waals surface area contributed by atoms with Crippen molar-refractivity contribution in [3.8, 4) is 5.75 Å². The van der Waals surface area contributed by atoms with Crippen LogP contribution in [0.2, 0.25) is 0 Å².